The zero-order valence-corrected chi connectivity index (χ0v) is 11.6. The number of aromatic nitrogens is 2. The van der Waals surface area contributed by atoms with Crippen molar-refractivity contribution in [2.24, 2.45) is 11.8 Å². The van der Waals surface area contributed by atoms with Gasteiger partial charge in [0.1, 0.15) is 0 Å². The molecule has 2 aliphatic rings. The van der Waals surface area contributed by atoms with Gasteiger partial charge in [-0.1, -0.05) is 24.4 Å². The van der Waals surface area contributed by atoms with Gasteiger partial charge in [-0.2, -0.15) is 4.98 Å². The lowest BCUT2D eigenvalue weighted by molar-refractivity contribution is 0.0421. The van der Waals surface area contributed by atoms with E-state index in [4.69, 9.17) is 4.52 Å². The van der Waals surface area contributed by atoms with Crippen LogP contribution in [0.25, 0.3) is 5.83 Å². The van der Waals surface area contributed by atoms with Crippen LogP contribution in [0.3, 0.4) is 0 Å². The summed E-state index contributed by atoms with van der Waals surface area (Å²) < 4.78 is 19.1. The first kappa shape index (κ1) is 13.7. The van der Waals surface area contributed by atoms with Crippen LogP contribution in [-0.2, 0) is 6.42 Å². The molecule has 1 N–H and O–H groups in total. The molecule has 2 aliphatic carbocycles. The molecule has 0 aliphatic heterocycles. The maximum Gasteiger partial charge on any atom is 0.286 e. The Kier molecular flexibility index (Phi) is 4.15. The lowest BCUT2D eigenvalue weighted by atomic mass is 9.80. The number of aliphatic hydroxyl groups is 1. The second-order valence-electron chi connectivity index (χ2n) is 6.12. The van der Waals surface area contributed by atoms with Crippen LogP contribution in [0.4, 0.5) is 4.39 Å². The number of hydrogen-bond acceptors (Lipinski definition) is 4. The highest BCUT2D eigenvalue weighted by molar-refractivity contribution is 5.50. The second kappa shape index (κ2) is 6.04. The number of halogens is 1. The van der Waals surface area contributed by atoms with Crippen LogP contribution in [0.1, 0.15) is 56.7 Å². The van der Waals surface area contributed by atoms with E-state index < -0.39 is 0 Å². The summed E-state index contributed by atoms with van der Waals surface area (Å²) in [6, 6.07) is 0. The molecule has 0 saturated heterocycles. The second-order valence-corrected chi connectivity index (χ2v) is 6.12. The fraction of sp³-hybridized carbons (Fsp3) is 0.733. The van der Waals surface area contributed by atoms with Gasteiger partial charge >= 0.3 is 0 Å². The topological polar surface area (TPSA) is 59.2 Å². The van der Waals surface area contributed by atoms with Gasteiger partial charge in [0.05, 0.1) is 6.10 Å². The van der Waals surface area contributed by atoms with Crippen molar-refractivity contribution in [3.05, 3.63) is 17.8 Å². The Morgan fingerprint density at radius 3 is 2.75 bits per heavy atom. The van der Waals surface area contributed by atoms with Crippen LogP contribution in [0.15, 0.2) is 10.6 Å². The highest BCUT2D eigenvalue weighted by Gasteiger charge is 2.29. The molecule has 5 heteroatoms. The highest BCUT2D eigenvalue weighted by atomic mass is 19.1. The average Bonchev–Trinajstić information content (AvgIpc) is 2.87. The summed E-state index contributed by atoms with van der Waals surface area (Å²) >= 11 is 0. The molecule has 0 bridgehead atoms. The Labute approximate surface area is 118 Å². The minimum Gasteiger partial charge on any atom is -0.393 e. The first-order valence-corrected chi connectivity index (χ1v) is 7.59. The molecule has 2 fully saturated rings. The predicted molar refractivity (Wildman–Crippen MR) is 72.4 cm³/mol. The molecule has 0 radical (unpaired) electrons. The third-order valence-corrected chi connectivity index (χ3v) is 4.39. The molecular weight excluding hydrogens is 259 g/mol. The van der Waals surface area contributed by atoms with Crippen molar-refractivity contribution in [3.63, 3.8) is 0 Å². The van der Waals surface area contributed by atoms with E-state index >= 15 is 0 Å². The molecule has 1 aromatic heterocycles. The van der Waals surface area contributed by atoms with Crippen molar-refractivity contribution in [1.82, 2.24) is 10.1 Å². The molecule has 3 rings (SSSR count). The summed E-state index contributed by atoms with van der Waals surface area (Å²) in [6.45, 7) is 0. The number of rotatable bonds is 4. The van der Waals surface area contributed by atoms with Gasteiger partial charge < -0.3 is 9.63 Å². The molecule has 0 atom stereocenters. The third kappa shape index (κ3) is 3.26. The monoisotopic (exact) mass is 280 g/mol. The molecule has 0 amide bonds. The molecule has 20 heavy (non-hydrogen) atoms. The van der Waals surface area contributed by atoms with Crippen molar-refractivity contribution < 1.29 is 14.0 Å². The Balaban J connectivity index is 1.58. The smallest absolute Gasteiger partial charge is 0.286 e. The lowest BCUT2D eigenvalue weighted by Gasteiger charge is -2.30. The fourth-order valence-corrected chi connectivity index (χ4v) is 3.14. The minimum absolute atomic E-state index is 0.00504. The summed E-state index contributed by atoms with van der Waals surface area (Å²) in [7, 11) is 0. The molecule has 4 nitrogen and oxygen atoms in total. The van der Waals surface area contributed by atoms with Crippen LogP contribution in [0.5, 0.6) is 0 Å². The van der Waals surface area contributed by atoms with Gasteiger partial charge in [0.15, 0.2) is 11.7 Å². The average molecular weight is 280 g/mol. The minimum atomic E-state index is -0.385. The van der Waals surface area contributed by atoms with Crippen molar-refractivity contribution in [3.8, 4) is 0 Å². The Morgan fingerprint density at radius 2 is 2.05 bits per heavy atom. The Hall–Kier alpha value is -1.23. The van der Waals surface area contributed by atoms with Crippen LogP contribution in [-0.4, -0.2) is 21.4 Å². The molecule has 1 aromatic rings. The molecule has 2 saturated carbocycles. The van der Waals surface area contributed by atoms with E-state index in [0.717, 1.165) is 25.7 Å². The third-order valence-electron chi connectivity index (χ3n) is 4.39. The molecular formula is C15H21FN2O2. The maximum atomic E-state index is 14.1. The van der Waals surface area contributed by atoms with Gasteiger partial charge in [-0.25, -0.2) is 4.39 Å². The van der Waals surface area contributed by atoms with E-state index in [9.17, 15) is 9.50 Å². The molecule has 0 unspecified atom stereocenters. The largest absolute Gasteiger partial charge is 0.393 e. The van der Waals surface area contributed by atoms with E-state index in [1.807, 2.05) is 0 Å². The molecule has 0 aromatic carbocycles. The number of aliphatic hydroxyl groups excluding tert-OH is 1. The molecule has 110 valence electrons. The van der Waals surface area contributed by atoms with Crippen molar-refractivity contribution in [1.29, 1.82) is 0 Å². The lowest BCUT2D eigenvalue weighted by Crippen LogP contribution is -2.29. The van der Waals surface area contributed by atoms with Gasteiger partial charge in [-0.15, -0.1) is 0 Å². The van der Waals surface area contributed by atoms with Crippen molar-refractivity contribution in [2.75, 3.05) is 0 Å². The van der Waals surface area contributed by atoms with Crippen LogP contribution in [0, 0.1) is 11.8 Å². The first-order chi connectivity index (χ1) is 9.70. The van der Waals surface area contributed by atoms with E-state index in [-0.39, 0.29) is 17.8 Å². The Bertz CT molecular complexity index is 474. The SMILES string of the molecule is OC1CC(Cc2noc(/C(F)=C/C3CCCCC3)n2)C1. The molecule has 1 heterocycles. The van der Waals surface area contributed by atoms with Crippen molar-refractivity contribution in [2.45, 2.75) is 57.5 Å². The van der Waals surface area contributed by atoms with Gasteiger partial charge in [0.2, 0.25) is 0 Å². The summed E-state index contributed by atoms with van der Waals surface area (Å²) in [5, 5.41) is 13.1. The van der Waals surface area contributed by atoms with Gasteiger partial charge in [0, 0.05) is 6.42 Å². The standard InChI is InChI=1S/C15H21FN2O2/c16-13(8-10-4-2-1-3-5-10)15-17-14(18-20-15)9-11-6-12(19)7-11/h8,10-12,19H,1-7,9H2/b13-8-. The quantitative estimate of drug-likeness (QED) is 0.919. The van der Waals surface area contributed by atoms with E-state index in [0.29, 0.717) is 24.1 Å². The van der Waals surface area contributed by atoms with Gasteiger partial charge in [-0.05, 0) is 43.6 Å². The van der Waals surface area contributed by atoms with Crippen molar-refractivity contribution >= 4 is 5.83 Å². The van der Waals surface area contributed by atoms with E-state index in [1.165, 1.54) is 19.3 Å². The summed E-state index contributed by atoms with van der Waals surface area (Å²) in [6.07, 6.45) is 9.39. The number of hydrogen-bond donors (Lipinski definition) is 1. The van der Waals surface area contributed by atoms with E-state index in [2.05, 4.69) is 10.1 Å². The number of nitrogens with zero attached hydrogens (tertiary/aromatic N) is 2. The zero-order chi connectivity index (χ0) is 13.9. The van der Waals surface area contributed by atoms with E-state index in [1.54, 1.807) is 6.08 Å². The maximum absolute atomic E-state index is 14.1. The van der Waals surface area contributed by atoms with Crippen LogP contribution >= 0.6 is 0 Å². The first-order valence-electron chi connectivity index (χ1n) is 7.59. The van der Waals surface area contributed by atoms with Gasteiger partial charge in [0.25, 0.3) is 5.89 Å². The van der Waals surface area contributed by atoms with Gasteiger partial charge in [-0.3, -0.25) is 0 Å². The highest BCUT2D eigenvalue weighted by Crippen LogP contribution is 2.31. The summed E-state index contributed by atoms with van der Waals surface area (Å²) in [4.78, 5) is 4.12. The number of allylic oxidation sites excluding steroid dienone is 1. The fourth-order valence-electron chi connectivity index (χ4n) is 3.14. The Morgan fingerprint density at radius 1 is 1.30 bits per heavy atom. The van der Waals surface area contributed by atoms with Crippen LogP contribution in [0.2, 0.25) is 0 Å². The predicted octanol–water partition coefficient (Wildman–Crippen LogP) is 3.27. The van der Waals surface area contributed by atoms with Crippen LogP contribution < -0.4 is 0 Å². The molecule has 0 spiro atoms. The summed E-state index contributed by atoms with van der Waals surface area (Å²) in [5.41, 5.74) is 0. The summed E-state index contributed by atoms with van der Waals surface area (Å²) in [5.74, 6) is 0.876. The normalized spacial score (nSPS) is 28.4. The zero-order valence-electron chi connectivity index (χ0n) is 11.6.